The van der Waals surface area contributed by atoms with Gasteiger partial charge in [0.2, 0.25) is 0 Å². The van der Waals surface area contributed by atoms with E-state index in [2.05, 4.69) is 58.0 Å². The highest BCUT2D eigenvalue weighted by molar-refractivity contribution is 5.16. The van der Waals surface area contributed by atoms with Gasteiger partial charge in [0, 0.05) is 0 Å². The zero-order valence-corrected chi connectivity index (χ0v) is 9.88. The predicted octanol–water partition coefficient (Wildman–Crippen LogP) is 4.07. The molecule has 1 nitrogen and oxygen atoms in total. The summed E-state index contributed by atoms with van der Waals surface area (Å²) in [4.78, 5) is 0. The lowest BCUT2D eigenvalue weighted by Crippen LogP contribution is -2.21. The first-order valence-electron chi connectivity index (χ1n) is 5.06. The highest BCUT2D eigenvalue weighted by Crippen LogP contribution is 2.30. The lowest BCUT2D eigenvalue weighted by atomic mass is 9.76. The van der Waals surface area contributed by atoms with Crippen molar-refractivity contribution in [3.05, 3.63) is 35.9 Å². The summed E-state index contributed by atoms with van der Waals surface area (Å²) in [7, 11) is 0. The van der Waals surface area contributed by atoms with Crippen molar-refractivity contribution in [2.75, 3.05) is 0 Å². The van der Waals surface area contributed by atoms with Crippen LogP contribution in [0.2, 0.25) is 0 Å². The monoisotopic (exact) mass is 193 g/mol. The number of benzene rings is 1. The highest BCUT2D eigenvalue weighted by Gasteiger charge is 2.22. The molecule has 0 fully saturated rings. The van der Waals surface area contributed by atoms with Crippen LogP contribution in [0.25, 0.3) is 0 Å². The number of rotatable bonds is 3. The molecule has 0 heterocycles. The second kappa shape index (κ2) is 5.16. The summed E-state index contributed by atoms with van der Waals surface area (Å²) in [6, 6.07) is 10.7. The normalized spacial score (nSPS) is 11.2. The molecular weight excluding hydrogens is 170 g/mol. The number of hydrogen-bond acceptors (Lipinski definition) is 1. The Balaban J connectivity index is 0.00000169. The average molecular weight is 193 g/mol. The van der Waals surface area contributed by atoms with Crippen molar-refractivity contribution in [1.29, 1.82) is 0 Å². The number of hydrogen-bond donors (Lipinski definition) is 1. The van der Waals surface area contributed by atoms with E-state index < -0.39 is 0 Å². The summed E-state index contributed by atoms with van der Waals surface area (Å²) < 4.78 is 0. The lowest BCUT2D eigenvalue weighted by molar-refractivity contribution is 0.248. The van der Waals surface area contributed by atoms with Gasteiger partial charge in [0.25, 0.3) is 0 Å². The van der Waals surface area contributed by atoms with Gasteiger partial charge < -0.3 is 6.15 Å². The lowest BCUT2D eigenvalue weighted by Gasteiger charge is -2.29. The van der Waals surface area contributed by atoms with Crippen molar-refractivity contribution in [2.45, 2.75) is 34.1 Å². The van der Waals surface area contributed by atoms with Crippen LogP contribution in [0, 0.1) is 11.3 Å². The van der Waals surface area contributed by atoms with Gasteiger partial charge >= 0.3 is 0 Å². The van der Waals surface area contributed by atoms with Gasteiger partial charge in [-0.15, -0.1) is 0 Å². The molecule has 0 aliphatic carbocycles. The third-order valence-electron chi connectivity index (χ3n) is 3.07. The van der Waals surface area contributed by atoms with Crippen LogP contribution in [0.4, 0.5) is 0 Å². The van der Waals surface area contributed by atoms with Gasteiger partial charge in [0.15, 0.2) is 0 Å². The van der Waals surface area contributed by atoms with Crippen molar-refractivity contribution in [3.63, 3.8) is 0 Å². The highest BCUT2D eigenvalue weighted by atomic mass is 14.3. The molecule has 0 unspecified atom stereocenters. The SMILES string of the molecule is CC(C)C(C)(C)Cc1ccccc1.N. The third-order valence-corrected chi connectivity index (χ3v) is 3.07. The van der Waals surface area contributed by atoms with E-state index in [-0.39, 0.29) is 6.15 Å². The summed E-state index contributed by atoms with van der Waals surface area (Å²) in [5.74, 6) is 0.729. The molecule has 3 N–H and O–H groups in total. The fourth-order valence-corrected chi connectivity index (χ4v) is 1.33. The second-order valence-electron chi connectivity index (χ2n) is 4.81. The Bertz CT molecular complexity index is 249. The topological polar surface area (TPSA) is 35.0 Å². The molecule has 0 aromatic heterocycles. The first-order chi connectivity index (χ1) is 6.02. The van der Waals surface area contributed by atoms with Crippen LogP contribution in [0.5, 0.6) is 0 Å². The summed E-state index contributed by atoms with van der Waals surface area (Å²) in [5, 5.41) is 0. The first kappa shape index (κ1) is 13.2. The van der Waals surface area contributed by atoms with E-state index in [0.717, 1.165) is 5.92 Å². The van der Waals surface area contributed by atoms with Gasteiger partial charge in [-0.2, -0.15) is 0 Å². The Hall–Kier alpha value is -0.820. The Morgan fingerprint density at radius 1 is 1.07 bits per heavy atom. The van der Waals surface area contributed by atoms with Crippen molar-refractivity contribution in [3.8, 4) is 0 Å². The fourth-order valence-electron chi connectivity index (χ4n) is 1.33. The largest absolute Gasteiger partial charge is 0.344 e. The Morgan fingerprint density at radius 2 is 1.57 bits per heavy atom. The van der Waals surface area contributed by atoms with Crippen LogP contribution in [0.3, 0.4) is 0 Å². The molecule has 14 heavy (non-hydrogen) atoms. The van der Waals surface area contributed by atoms with E-state index in [4.69, 9.17) is 0 Å². The minimum Gasteiger partial charge on any atom is -0.344 e. The molecule has 1 heteroatoms. The Kier molecular flexibility index (Phi) is 4.86. The van der Waals surface area contributed by atoms with Gasteiger partial charge in [0.1, 0.15) is 0 Å². The summed E-state index contributed by atoms with van der Waals surface area (Å²) in [6.45, 7) is 9.27. The van der Waals surface area contributed by atoms with E-state index in [1.54, 1.807) is 0 Å². The van der Waals surface area contributed by atoms with Crippen LogP contribution in [0.15, 0.2) is 30.3 Å². The molecule has 0 aliphatic rings. The summed E-state index contributed by atoms with van der Waals surface area (Å²) in [6.07, 6.45) is 1.17. The quantitative estimate of drug-likeness (QED) is 0.771. The van der Waals surface area contributed by atoms with Crippen LogP contribution < -0.4 is 6.15 Å². The van der Waals surface area contributed by atoms with Gasteiger partial charge in [-0.25, -0.2) is 0 Å². The van der Waals surface area contributed by atoms with Crippen molar-refractivity contribution >= 4 is 0 Å². The first-order valence-corrected chi connectivity index (χ1v) is 5.06. The molecule has 0 amide bonds. The average Bonchev–Trinajstić information content (AvgIpc) is 2.05. The van der Waals surface area contributed by atoms with Crippen LogP contribution >= 0.6 is 0 Å². The molecule has 0 saturated carbocycles. The molecule has 0 radical (unpaired) electrons. The van der Waals surface area contributed by atoms with Gasteiger partial charge in [-0.05, 0) is 23.3 Å². The predicted molar refractivity (Wildman–Crippen MR) is 63.8 cm³/mol. The molecule has 0 atom stereocenters. The van der Waals surface area contributed by atoms with E-state index in [1.165, 1.54) is 12.0 Å². The van der Waals surface area contributed by atoms with Gasteiger partial charge in [0.05, 0.1) is 0 Å². The van der Waals surface area contributed by atoms with E-state index in [1.807, 2.05) is 0 Å². The van der Waals surface area contributed by atoms with Crippen LogP contribution in [-0.2, 0) is 6.42 Å². The fraction of sp³-hybridized carbons (Fsp3) is 0.538. The zero-order chi connectivity index (χ0) is 9.90. The van der Waals surface area contributed by atoms with E-state index in [9.17, 15) is 0 Å². The molecule has 1 rings (SSSR count). The van der Waals surface area contributed by atoms with E-state index >= 15 is 0 Å². The van der Waals surface area contributed by atoms with Gasteiger partial charge in [-0.3, -0.25) is 0 Å². The van der Waals surface area contributed by atoms with Crippen molar-refractivity contribution in [2.24, 2.45) is 11.3 Å². The van der Waals surface area contributed by atoms with Crippen molar-refractivity contribution < 1.29 is 0 Å². The second-order valence-corrected chi connectivity index (χ2v) is 4.81. The molecule has 0 saturated heterocycles. The molecule has 80 valence electrons. The Labute approximate surface area is 88.1 Å². The maximum atomic E-state index is 2.34. The van der Waals surface area contributed by atoms with Crippen molar-refractivity contribution in [1.82, 2.24) is 6.15 Å². The zero-order valence-electron chi connectivity index (χ0n) is 9.88. The Morgan fingerprint density at radius 3 is 2.00 bits per heavy atom. The summed E-state index contributed by atoms with van der Waals surface area (Å²) in [5.41, 5.74) is 1.85. The summed E-state index contributed by atoms with van der Waals surface area (Å²) >= 11 is 0. The maximum Gasteiger partial charge on any atom is -0.0225 e. The third kappa shape index (κ3) is 3.51. The molecule has 0 bridgehead atoms. The van der Waals surface area contributed by atoms with Crippen LogP contribution in [-0.4, -0.2) is 0 Å². The molecule has 0 spiro atoms. The minimum absolute atomic E-state index is 0. The van der Waals surface area contributed by atoms with Gasteiger partial charge in [-0.1, -0.05) is 58.0 Å². The molecule has 1 aromatic rings. The standard InChI is InChI=1S/C13H20.H3N/c1-11(2)13(3,4)10-12-8-6-5-7-9-12;/h5-9,11H,10H2,1-4H3;1H3. The maximum absolute atomic E-state index is 2.34. The molecular formula is C13H23N. The molecule has 1 aromatic carbocycles. The minimum atomic E-state index is 0. The smallest absolute Gasteiger partial charge is 0.0225 e. The van der Waals surface area contributed by atoms with E-state index in [0.29, 0.717) is 5.41 Å². The van der Waals surface area contributed by atoms with Crippen LogP contribution in [0.1, 0.15) is 33.3 Å². The molecule has 0 aliphatic heterocycles.